The molecule has 0 amide bonds. The third-order valence-corrected chi connectivity index (χ3v) is 3.09. The normalized spacial score (nSPS) is 23.2. The molecule has 1 aliphatic rings. The number of hydrazine groups is 1. The summed E-state index contributed by atoms with van der Waals surface area (Å²) in [5.41, 5.74) is 2.83. The molecule has 0 saturated carbocycles. The fourth-order valence-electron chi connectivity index (χ4n) is 2.08. The first-order valence-corrected chi connectivity index (χ1v) is 5.72. The molecule has 0 aliphatic carbocycles. The van der Waals surface area contributed by atoms with Gasteiger partial charge in [0.2, 0.25) is 0 Å². The topological polar surface area (TPSA) is 78.0 Å². The Morgan fingerprint density at radius 2 is 2.56 bits per heavy atom. The molecule has 16 heavy (non-hydrogen) atoms. The molecule has 1 aromatic heterocycles. The molecule has 2 heterocycles. The molecule has 3 N–H and O–H groups in total. The molecule has 1 saturated heterocycles. The SMILES string of the molecule is Cn1ncnc1CC(NN)C1CCCCO1. The summed E-state index contributed by atoms with van der Waals surface area (Å²) in [6.07, 6.45) is 5.92. The predicted octanol–water partition coefficient (Wildman–Crippen LogP) is -0.241. The van der Waals surface area contributed by atoms with E-state index in [0.29, 0.717) is 0 Å². The van der Waals surface area contributed by atoms with Gasteiger partial charge in [0.05, 0.1) is 12.1 Å². The fourth-order valence-corrected chi connectivity index (χ4v) is 2.08. The van der Waals surface area contributed by atoms with Crippen molar-refractivity contribution in [1.29, 1.82) is 0 Å². The number of nitrogens with zero attached hydrogens (tertiary/aromatic N) is 3. The molecule has 6 heteroatoms. The molecule has 1 aromatic rings. The van der Waals surface area contributed by atoms with Gasteiger partial charge in [-0.05, 0) is 19.3 Å². The maximum atomic E-state index is 5.72. The van der Waals surface area contributed by atoms with Crippen LogP contribution in [0.25, 0.3) is 0 Å². The lowest BCUT2D eigenvalue weighted by molar-refractivity contribution is -0.00797. The van der Waals surface area contributed by atoms with E-state index in [1.54, 1.807) is 11.0 Å². The molecule has 2 unspecified atom stereocenters. The lowest BCUT2D eigenvalue weighted by atomic mass is 10.00. The number of nitrogens with two attached hydrogens (primary N) is 1. The molecule has 6 nitrogen and oxygen atoms in total. The van der Waals surface area contributed by atoms with E-state index in [9.17, 15) is 0 Å². The molecule has 2 atom stereocenters. The van der Waals surface area contributed by atoms with Gasteiger partial charge in [-0.25, -0.2) is 4.98 Å². The molecule has 2 rings (SSSR count). The molecule has 0 bridgehead atoms. The number of aromatic nitrogens is 3. The van der Waals surface area contributed by atoms with E-state index in [4.69, 9.17) is 10.6 Å². The highest BCUT2D eigenvalue weighted by Gasteiger charge is 2.25. The van der Waals surface area contributed by atoms with Gasteiger partial charge < -0.3 is 4.74 Å². The van der Waals surface area contributed by atoms with Crippen molar-refractivity contribution in [1.82, 2.24) is 20.2 Å². The Kier molecular flexibility index (Phi) is 3.87. The number of hydrogen-bond donors (Lipinski definition) is 2. The predicted molar refractivity (Wildman–Crippen MR) is 59.4 cm³/mol. The number of hydrogen-bond acceptors (Lipinski definition) is 5. The van der Waals surface area contributed by atoms with Crippen molar-refractivity contribution in [3.05, 3.63) is 12.2 Å². The lowest BCUT2D eigenvalue weighted by Gasteiger charge is -2.29. The molecule has 90 valence electrons. The minimum Gasteiger partial charge on any atom is -0.377 e. The van der Waals surface area contributed by atoms with Crippen molar-refractivity contribution in [3.63, 3.8) is 0 Å². The van der Waals surface area contributed by atoms with Crippen LogP contribution in [0.15, 0.2) is 6.33 Å². The fraction of sp³-hybridized carbons (Fsp3) is 0.800. The third-order valence-electron chi connectivity index (χ3n) is 3.09. The van der Waals surface area contributed by atoms with Crippen LogP contribution in [0, 0.1) is 0 Å². The van der Waals surface area contributed by atoms with Gasteiger partial charge in [0.25, 0.3) is 0 Å². The van der Waals surface area contributed by atoms with E-state index in [0.717, 1.165) is 31.7 Å². The molecule has 0 spiro atoms. The van der Waals surface area contributed by atoms with Crippen molar-refractivity contribution in [2.24, 2.45) is 12.9 Å². The van der Waals surface area contributed by atoms with Crippen molar-refractivity contribution in [2.45, 2.75) is 37.8 Å². The van der Waals surface area contributed by atoms with Crippen LogP contribution in [0.3, 0.4) is 0 Å². The van der Waals surface area contributed by atoms with Gasteiger partial charge in [-0.15, -0.1) is 0 Å². The summed E-state index contributed by atoms with van der Waals surface area (Å²) in [5, 5.41) is 4.05. The van der Waals surface area contributed by atoms with E-state index in [2.05, 4.69) is 15.5 Å². The zero-order valence-electron chi connectivity index (χ0n) is 9.59. The highest BCUT2D eigenvalue weighted by Crippen LogP contribution is 2.17. The van der Waals surface area contributed by atoms with E-state index in [-0.39, 0.29) is 12.1 Å². The summed E-state index contributed by atoms with van der Waals surface area (Å²) < 4.78 is 7.49. The summed E-state index contributed by atoms with van der Waals surface area (Å²) in [5.74, 6) is 6.51. The Morgan fingerprint density at radius 1 is 1.69 bits per heavy atom. The zero-order valence-corrected chi connectivity index (χ0v) is 9.59. The maximum Gasteiger partial charge on any atom is 0.138 e. The van der Waals surface area contributed by atoms with Crippen molar-refractivity contribution in [2.75, 3.05) is 6.61 Å². The number of ether oxygens (including phenoxy) is 1. The van der Waals surface area contributed by atoms with Gasteiger partial charge in [-0.1, -0.05) is 0 Å². The Hall–Kier alpha value is -0.980. The number of rotatable bonds is 4. The quantitative estimate of drug-likeness (QED) is 0.546. The van der Waals surface area contributed by atoms with Crippen LogP contribution in [0.5, 0.6) is 0 Å². The minimum absolute atomic E-state index is 0.114. The van der Waals surface area contributed by atoms with E-state index in [1.807, 2.05) is 7.05 Å². The van der Waals surface area contributed by atoms with Crippen LogP contribution >= 0.6 is 0 Å². The van der Waals surface area contributed by atoms with Gasteiger partial charge in [0.15, 0.2) is 0 Å². The molecule has 1 fully saturated rings. The van der Waals surface area contributed by atoms with Crippen LogP contribution in [-0.4, -0.2) is 33.5 Å². The zero-order chi connectivity index (χ0) is 11.4. The summed E-state index contributed by atoms with van der Waals surface area (Å²) in [6.45, 7) is 0.835. The largest absolute Gasteiger partial charge is 0.377 e. The maximum absolute atomic E-state index is 5.72. The van der Waals surface area contributed by atoms with E-state index in [1.165, 1.54) is 6.42 Å². The second-order valence-corrected chi connectivity index (χ2v) is 4.18. The molecule has 0 radical (unpaired) electrons. The first-order chi connectivity index (χ1) is 7.81. The van der Waals surface area contributed by atoms with Gasteiger partial charge >= 0.3 is 0 Å². The van der Waals surface area contributed by atoms with Crippen LogP contribution < -0.4 is 11.3 Å². The van der Waals surface area contributed by atoms with Crippen LogP contribution in [0.1, 0.15) is 25.1 Å². The summed E-state index contributed by atoms with van der Waals surface area (Å²) in [6, 6.07) is 0.114. The highest BCUT2D eigenvalue weighted by molar-refractivity contribution is 4.92. The number of aryl methyl sites for hydroxylation is 1. The summed E-state index contributed by atoms with van der Waals surface area (Å²) in [7, 11) is 1.89. The van der Waals surface area contributed by atoms with Gasteiger partial charge in [-0.3, -0.25) is 16.0 Å². The second kappa shape index (κ2) is 5.38. The lowest BCUT2D eigenvalue weighted by Crippen LogP contribution is -2.48. The highest BCUT2D eigenvalue weighted by atomic mass is 16.5. The first-order valence-electron chi connectivity index (χ1n) is 5.72. The smallest absolute Gasteiger partial charge is 0.138 e. The van der Waals surface area contributed by atoms with Gasteiger partial charge in [0.1, 0.15) is 12.2 Å². The molecular formula is C10H19N5O. The van der Waals surface area contributed by atoms with Crippen molar-refractivity contribution >= 4 is 0 Å². The summed E-state index contributed by atoms with van der Waals surface area (Å²) >= 11 is 0. The van der Waals surface area contributed by atoms with Crippen molar-refractivity contribution < 1.29 is 4.74 Å². The van der Waals surface area contributed by atoms with Gasteiger partial charge in [-0.2, -0.15) is 5.10 Å². The summed E-state index contributed by atoms with van der Waals surface area (Å²) in [4.78, 5) is 4.20. The average Bonchev–Trinajstić information content (AvgIpc) is 2.73. The average molecular weight is 225 g/mol. The van der Waals surface area contributed by atoms with Crippen molar-refractivity contribution in [3.8, 4) is 0 Å². The van der Waals surface area contributed by atoms with Crippen LogP contribution in [-0.2, 0) is 18.2 Å². The monoisotopic (exact) mass is 225 g/mol. The Balaban J connectivity index is 1.97. The first kappa shape index (κ1) is 11.5. The molecular weight excluding hydrogens is 206 g/mol. The third kappa shape index (κ3) is 2.58. The number of nitrogens with one attached hydrogen (secondary N) is 1. The Bertz CT molecular complexity index is 321. The Labute approximate surface area is 95.1 Å². The molecule has 0 aromatic carbocycles. The van der Waals surface area contributed by atoms with E-state index >= 15 is 0 Å². The standard InChI is InChI=1S/C10H19N5O/c1-15-10(12-7-13-15)6-8(14-11)9-4-2-3-5-16-9/h7-9,14H,2-6,11H2,1H3. The minimum atomic E-state index is 0.114. The van der Waals surface area contributed by atoms with E-state index < -0.39 is 0 Å². The van der Waals surface area contributed by atoms with Crippen LogP contribution in [0.4, 0.5) is 0 Å². The molecule has 1 aliphatic heterocycles. The Morgan fingerprint density at radius 3 is 3.12 bits per heavy atom. The second-order valence-electron chi connectivity index (χ2n) is 4.18. The van der Waals surface area contributed by atoms with Gasteiger partial charge in [0, 0.05) is 20.1 Å². The van der Waals surface area contributed by atoms with Crippen LogP contribution in [0.2, 0.25) is 0 Å².